The monoisotopic (exact) mass is 560 g/mol. The number of benzene rings is 2. The molecule has 1 saturated heterocycles. The fraction of sp³-hybridized carbons (Fsp3) is 0.409. The van der Waals surface area contributed by atoms with E-state index in [2.05, 4.69) is 32.7 Å². The molecule has 0 spiro atoms. The minimum Gasteiger partial charge on any atom is -0.369 e. The summed E-state index contributed by atoms with van der Waals surface area (Å²) >= 11 is 0. The summed E-state index contributed by atoms with van der Waals surface area (Å²) in [7, 11) is -3.73. The second-order valence-corrected chi connectivity index (χ2v) is 9.35. The molecule has 1 aliphatic heterocycles. The van der Waals surface area contributed by atoms with Crippen LogP contribution in [0.4, 0.5) is 10.1 Å². The molecule has 1 heterocycles. The van der Waals surface area contributed by atoms with Crippen molar-refractivity contribution in [3.05, 3.63) is 60.4 Å². The van der Waals surface area contributed by atoms with Crippen LogP contribution >= 0.6 is 24.0 Å². The first kappa shape index (κ1) is 25.4. The van der Waals surface area contributed by atoms with Gasteiger partial charge < -0.3 is 15.5 Å². The Morgan fingerprint density at radius 2 is 1.87 bits per heavy atom. The maximum Gasteiger partial charge on any atom is 0.191 e. The molecule has 0 aliphatic carbocycles. The summed E-state index contributed by atoms with van der Waals surface area (Å²) in [6, 6.07) is 15.9. The lowest BCUT2D eigenvalue weighted by atomic mass is 10.1. The Hall–Kier alpha value is -1.88. The zero-order valence-electron chi connectivity index (χ0n) is 17.6. The van der Waals surface area contributed by atoms with E-state index in [4.69, 9.17) is 0 Å². The molecular weight excluding hydrogens is 530 g/mol. The lowest BCUT2D eigenvalue weighted by Gasteiger charge is -2.35. The molecule has 1 fully saturated rings. The first-order chi connectivity index (χ1) is 14.5. The molecule has 1 unspecified atom stereocenters. The number of guanidine groups is 1. The molecule has 0 bridgehead atoms. The van der Waals surface area contributed by atoms with Gasteiger partial charge in [-0.15, -0.1) is 24.0 Å². The Morgan fingerprint density at radius 1 is 1.16 bits per heavy atom. The van der Waals surface area contributed by atoms with E-state index < -0.39 is 15.7 Å². The third kappa shape index (κ3) is 7.34. The van der Waals surface area contributed by atoms with Gasteiger partial charge in [-0.25, -0.2) is 12.8 Å². The number of halogens is 2. The van der Waals surface area contributed by atoms with Crippen LogP contribution in [-0.4, -0.2) is 52.4 Å². The molecule has 1 aliphatic rings. The van der Waals surface area contributed by atoms with Crippen molar-refractivity contribution in [2.24, 2.45) is 4.99 Å². The van der Waals surface area contributed by atoms with E-state index in [9.17, 15) is 12.8 Å². The first-order valence-electron chi connectivity index (χ1n) is 10.3. The molecule has 3 rings (SSSR count). The van der Waals surface area contributed by atoms with Gasteiger partial charge in [-0.1, -0.05) is 30.3 Å². The Morgan fingerprint density at radius 3 is 2.58 bits per heavy atom. The van der Waals surface area contributed by atoms with Crippen molar-refractivity contribution in [1.82, 2.24) is 10.6 Å². The quantitative estimate of drug-likeness (QED) is 0.309. The third-order valence-electron chi connectivity index (χ3n) is 5.03. The van der Waals surface area contributed by atoms with Gasteiger partial charge in [-0.05, 0) is 44.0 Å². The van der Waals surface area contributed by atoms with Crippen LogP contribution in [0.25, 0.3) is 0 Å². The molecule has 0 radical (unpaired) electrons. The molecule has 2 N–H and O–H groups in total. The van der Waals surface area contributed by atoms with Crippen LogP contribution in [0.1, 0.15) is 19.8 Å². The topological polar surface area (TPSA) is 73.8 Å². The van der Waals surface area contributed by atoms with E-state index in [-0.39, 0.29) is 47.2 Å². The number of aliphatic imine (C=N–C) groups is 1. The second kappa shape index (κ2) is 12.2. The molecule has 0 saturated carbocycles. The van der Waals surface area contributed by atoms with Gasteiger partial charge in [0.25, 0.3) is 0 Å². The SMILES string of the molecule is CCNC(=NCCS(=O)(=O)c1ccccc1F)NC1CCCN(c2ccccc2)C1.I. The lowest BCUT2D eigenvalue weighted by molar-refractivity contribution is 0.468. The van der Waals surface area contributed by atoms with E-state index in [0.717, 1.165) is 32.0 Å². The summed E-state index contributed by atoms with van der Waals surface area (Å²) in [5.74, 6) is -0.387. The van der Waals surface area contributed by atoms with Gasteiger partial charge >= 0.3 is 0 Å². The molecule has 2 aromatic rings. The second-order valence-electron chi connectivity index (χ2n) is 7.28. The van der Waals surface area contributed by atoms with Crippen molar-refractivity contribution in [2.45, 2.75) is 30.7 Å². The summed E-state index contributed by atoms with van der Waals surface area (Å²) < 4.78 is 38.7. The van der Waals surface area contributed by atoms with E-state index in [0.29, 0.717) is 12.5 Å². The first-order valence-corrected chi connectivity index (χ1v) is 12.0. The molecule has 6 nitrogen and oxygen atoms in total. The molecule has 0 aromatic heterocycles. The van der Waals surface area contributed by atoms with Crippen LogP contribution in [-0.2, 0) is 9.84 Å². The zero-order chi connectivity index (χ0) is 21.4. The Bertz CT molecular complexity index is 957. The number of hydrogen-bond acceptors (Lipinski definition) is 4. The zero-order valence-corrected chi connectivity index (χ0v) is 20.8. The molecule has 9 heteroatoms. The molecule has 1 atom stereocenters. The Labute approximate surface area is 201 Å². The van der Waals surface area contributed by atoms with Crippen LogP contribution in [0.5, 0.6) is 0 Å². The van der Waals surface area contributed by atoms with Crippen LogP contribution in [0.3, 0.4) is 0 Å². The summed E-state index contributed by atoms with van der Waals surface area (Å²) in [4.78, 5) is 6.49. The predicted octanol–water partition coefficient (Wildman–Crippen LogP) is 3.44. The van der Waals surface area contributed by atoms with Gasteiger partial charge in [0.05, 0.1) is 12.3 Å². The standard InChI is InChI=1S/C22H29FN4O2S.HI/c1-2-24-22(25-14-16-30(28,29)21-13-7-6-12-20(21)23)26-18-9-8-15-27(17-18)19-10-4-3-5-11-19;/h3-7,10-13,18H,2,8-9,14-17H2,1H3,(H2,24,25,26);1H. The number of anilines is 1. The minimum absolute atomic E-state index is 0. The smallest absolute Gasteiger partial charge is 0.191 e. The van der Waals surface area contributed by atoms with E-state index in [1.165, 1.54) is 23.9 Å². The fourth-order valence-corrected chi connectivity index (χ4v) is 4.77. The molecular formula is C22H30FIN4O2S. The average molecular weight is 560 g/mol. The highest BCUT2D eigenvalue weighted by Crippen LogP contribution is 2.19. The van der Waals surface area contributed by atoms with Gasteiger partial charge in [0, 0.05) is 31.4 Å². The van der Waals surface area contributed by atoms with E-state index in [1.807, 2.05) is 25.1 Å². The van der Waals surface area contributed by atoms with Crippen molar-refractivity contribution >= 4 is 45.5 Å². The number of piperidine rings is 1. The number of rotatable bonds is 7. The summed E-state index contributed by atoms with van der Waals surface area (Å²) in [6.45, 7) is 4.55. The third-order valence-corrected chi connectivity index (χ3v) is 6.75. The van der Waals surface area contributed by atoms with E-state index >= 15 is 0 Å². The van der Waals surface area contributed by atoms with Gasteiger partial charge in [0.15, 0.2) is 15.8 Å². The Kier molecular flexibility index (Phi) is 10.0. The van der Waals surface area contributed by atoms with Gasteiger partial charge in [0.2, 0.25) is 0 Å². The summed E-state index contributed by atoms with van der Waals surface area (Å²) in [5, 5.41) is 6.60. The number of sulfone groups is 1. The van der Waals surface area contributed by atoms with E-state index in [1.54, 1.807) is 0 Å². The van der Waals surface area contributed by atoms with Gasteiger partial charge in [0.1, 0.15) is 10.7 Å². The number of nitrogens with zero attached hydrogens (tertiary/aromatic N) is 2. The molecule has 2 aromatic carbocycles. The molecule has 31 heavy (non-hydrogen) atoms. The van der Waals surface area contributed by atoms with Crippen molar-refractivity contribution in [1.29, 1.82) is 0 Å². The number of hydrogen-bond donors (Lipinski definition) is 2. The summed E-state index contributed by atoms with van der Waals surface area (Å²) in [6.07, 6.45) is 2.08. The van der Waals surface area contributed by atoms with Crippen LogP contribution < -0.4 is 15.5 Å². The van der Waals surface area contributed by atoms with Crippen LogP contribution in [0, 0.1) is 5.82 Å². The minimum atomic E-state index is -3.73. The Balaban J connectivity index is 0.00000341. The summed E-state index contributed by atoms with van der Waals surface area (Å²) in [5.41, 5.74) is 1.20. The van der Waals surface area contributed by atoms with Crippen LogP contribution in [0.15, 0.2) is 64.5 Å². The normalized spacial score (nSPS) is 17.0. The predicted molar refractivity (Wildman–Crippen MR) is 135 cm³/mol. The maximum absolute atomic E-state index is 13.8. The molecule has 0 amide bonds. The van der Waals surface area contributed by atoms with Gasteiger partial charge in [-0.3, -0.25) is 4.99 Å². The molecule has 170 valence electrons. The highest BCUT2D eigenvalue weighted by molar-refractivity contribution is 14.0. The maximum atomic E-state index is 13.8. The highest BCUT2D eigenvalue weighted by Gasteiger charge is 2.21. The lowest BCUT2D eigenvalue weighted by Crippen LogP contribution is -2.51. The van der Waals surface area contributed by atoms with Crippen molar-refractivity contribution < 1.29 is 12.8 Å². The fourth-order valence-electron chi connectivity index (χ4n) is 3.57. The number of nitrogens with one attached hydrogen (secondary N) is 2. The largest absolute Gasteiger partial charge is 0.369 e. The average Bonchev–Trinajstić information content (AvgIpc) is 2.75. The van der Waals surface area contributed by atoms with Crippen molar-refractivity contribution in [2.75, 3.05) is 36.8 Å². The van der Waals surface area contributed by atoms with Crippen molar-refractivity contribution in [3.63, 3.8) is 0 Å². The van der Waals surface area contributed by atoms with Gasteiger partial charge in [-0.2, -0.15) is 0 Å². The van der Waals surface area contributed by atoms with Crippen molar-refractivity contribution in [3.8, 4) is 0 Å². The number of para-hydroxylation sites is 1. The highest BCUT2D eigenvalue weighted by atomic mass is 127. The van der Waals surface area contributed by atoms with Crippen LogP contribution in [0.2, 0.25) is 0 Å².